The normalized spacial score (nSPS) is 24.9. The molecule has 0 heterocycles. The van der Waals surface area contributed by atoms with Crippen LogP contribution in [-0.2, 0) is 14.3 Å². The molecule has 1 rings (SSSR count). The molecule has 6 heteroatoms. The number of Topliss-reactive ketones (excluding diaryl/α,β-unsaturated/α-hetero) is 1. The summed E-state index contributed by atoms with van der Waals surface area (Å²) >= 11 is 0. The lowest BCUT2D eigenvalue weighted by molar-refractivity contribution is -0.137. The maximum absolute atomic E-state index is 12.2. The van der Waals surface area contributed by atoms with Crippen LogP contribution in [0.15, 0.2) is 24.3 Å². The fourth-order valence-corrected chi connectivity index (χ4v) is 3.20. The van der Waals surface area contributed by atoms with Gasteiger partial charge in [0.15, 0.2) is 0 Å². The quantitative estimate of drug-likeness (QED) is 0.354. The highest BCUT2D eigenvalue weighted by Crippen LogP contribution is 2.34. The molecule has 27 heavy (non-hydrogen) atoms. The molecule has 0 aromatic rings. The monoisotopic (exact) mass is 382 g/mol. The van der Waals surface area contributed by atoms with E-state index in [1.165, 1.54) is 0 Å². The fourth-order valence-electron chi connectivity index (χ4n) is 3.20. The molecule has 1 aliphatic rings. The standard InChI is InChI=1S/C21H34O6/c1-4-27-14-21(2,3)19(24)12-11-16-15(17(22)13-18(16)23)9-7-5-6-8-10-20(25)26/h5,7,11-12,15-16,18-19,23-24H,4,6,8-10,13-14H2,1-3H3,(H,25,26)/b7-5-,12-11+/t15?,16?,18?,19-/m1/s1. The maximum atomic E-state index is 12.2. The predicted molar refractivity (Wildman–Crippen MR) is 103 cm³/mol. The Morgan fingerprint density at radius 2 is 2.07 bits per heavy atom. The zero-order valence-electron chi connectivity index (χ0n) is 16.6. The second kappa shape index (κ2) is 11.4. The maximum Gasteiger partial charge on any atom is 0.303 e. The number of ether oxygens (including phenoxy) is 1. The summed E-state index contributed by atoms with van der Waals surface area (Å²) in [4.78, 5) is 22.7. The Morgan fingerprint density at radius 1 is 1.37 bits per heavy atom. The molecule has 3 unspecified atom stereocenters. The highest BCUT2D eigenvalue weighted by Gasteiger charge is 2.39. The zero-order valence-corrected chi connectivity index (χ0v) is 16.6. The summed E-state index contributed by atoms with van der Waals surface area (Å²) in [6.45, 7) is 6.72. The van der Waals surface area contributed by atoms with Crippen molar-refractivity contribution in [1.82, 2.24) is 0 Å². The number of carboxylic acids is 1. The lowest BCUT2D eigenvalue weighted by Gasteiger charge is -2.28. The van der Waals surface area contributed by atoms with Crippen molar-refractivity contribution in [3.8, 4) is 0 Å². The smallest absolute Gasteiger partial charge is 0.303 e. The number of unbranched alkanes of at least 4 members (excludes halogenated alkanes) is 1. The van der Waals surface area contributed by atoms with E-state index in [0.717, 1.165) is 0 Å². The Hall–Kier alpha value is -1.50. The molecular weight excluding hydrogens is 348 g/mol. The summed E-state index contributed by atoms with van der Waals surface area (Å²) in [7, 11) is 0. The summed E-state index contributed by atoms with van der Waals surface area (Å²) in [6, 6.07) is 0. The number of carbonyl (C=O) groups excluding carboxylic acids is 1. The number of hydrogen-bond donors (Lipinski definition) is 3. The van der Waals surface area contributed by atoms with Gasteiger partial charge in [-0.05, 0) is 26.2 Å². The molecule has 1 saturated carbocycles. The summed E-state index contributed by atoms with van der Waals surface area (Å²) in [5, 5.41) is 29.3. The minimum absolute atomic E-state index is 0.0235. The van der Waals surface area contributed by atoms with Crippen LogP contribution in [0.2, 0.25) is 0 Å². The first-order valence-corrected chi connectivity index (χ1v) is 9.70. The Balaban J connectivity index is 2.63. The van der Waals surface area contributed by atoms with E-state index in [2.05, 4.69) is 0 Å². The van der Waals surface area contributed by atoms with Crippen molar-refractivity contribution < 1.29 is 29.6 Å². The van der Waals surface area contributed by atoms with Gasteiger partial charge in [-0.3, -0.25) is 9.59 Å². The Kier molecular flexibility index (Phi) is 9.91. The van der Waals surface area contributed by atoms with E-state index in [4.69, 9.17) is 9.84 Å². The number of carboxylic acid groups (broad SMARTS) is 1. The summed E-state index contributed by atoms with van der Waals surface area (Å²) in [5.74, 6) is -1.42. The van der Waals surface area contributed by atoms with E-state index in [1.807, 2.05) is 32.9 Å². The van der Waals surface area contributed by atoms with Crippen LogP contribution < -0.4 is 0 Å². The highest BCUT2D eigenvalue weighted by atomic mass is 16.5. The van der Waals surface area contributed by atoms with Gasteiger partial charge in [0.25, 0.3) is 0 Å². The van der Waals surface area contributed by atoms with E-state index >= 15 is 0 Å². The number of hydrogen-bond acceptors (Lipinski definition) is 5. The van der Waals surface area contributed by atoms with E-state index in [9.17, 15) is 19.8 Å². The molecule has 1 fully saturated rings. The molecule has 0 radical (unpaired) electrons. The zero-order chi connectivity index (χ0) is 20.4. The van der Waals surface area contributed by atoms with Crippen LogP contribution in [0.4, 0.5) is 0 Å². The lowest BCUT2D eigenvalue weighted by Crippen LogP contribution is -2.33. The van der Waals surface area contributed by atoms with E-state index in [-0.39, 0.29) is 30.5 Å². The van der Waals surface area contributed by atoms with Crippen LogP contribution in [0.5, 0.6) is 0 Å². The average molecular weight is 382 g/mol. The van der Waals surface area contributed by atoms with Gasteiger partial charge in [0, 0.05) is 36.7 Å². The largest absolute Gasteiger partial charge is 0.481 e. The molecule has 0 spiro atoms. The van der Waals surface area contributed by atoms with Gasteiger partial charge in [-0.25, -0.2) is 0 Å². The molecule has 0 amide bonds. The van der Waals surface area contributed by atoms with Crippen LogP contribution >= 0.6 is 0 Å². The van der Waals surface area contributed by atoms with Crippen LogP contribution in [0.25, 0.3) is 0 Å². The van der Waals surface area contributed by atoms with E-state index in [1.54, 1.807) is 12.2 Å². The molecular formula is C21H34O6. The SMILES string of the molecule is CCOCC(C)(C)[C@H](O)/C=C/C1C(O)CC(=O)C1C/C=C\CCCC(=O)O. The minimum atomic E-state index is -0.812. The fraction of sp³-hybridized carbons (Fsp3) is 0.714. The van der Waals surface area contributed by atoms with Crippen molar-refractivity contribution >= 4 is 11.8 Å². The van der Waals surface area contributed by atoms with Gasteiger partial charge >= 0.3 is 5.97 Å². The molecule has 3 N–H and O–H groups in total. The number of aliphatic hydroxyl groups excluding tert-OH is 2. The van der Waals surface area contributed by atoms with Crippen molar-refractivity contribution in [3.05, 3.63) is 24.3 Å². The van der Waals surface area contributed by atoms with Crippen LogP contribution in [0, 0.1) is 17.3 Å². The third-order valence-corrected chi connectivity index (χ3v) is 5.05. The van der Waals surface area contributed by atoms with Crippen molar-refractivity contribution in [2.45, 2.75) is 65.1 Å². The summed E-state index contributed by atoms with van der Waals surface area (Å²) in [6.07, 6.45) is 7.72. The minimum Gasteiger partial charge on any atom is -0.481 e. The lowest BCUT2D eigenvalue weighted by atomic mass is 9.85. The molecule has 154 valence electrons. The topological polar surface area (TPSA) is 104 Å². The second-order valence-corrected chi connectivity index (χ2v) is 7.87. The van der Waals surface area contributed by atoms with Crippen molar-refractivity contribution in [3.63, 3.8) is 0 Å². The summed E-state index contributed by atoms with van der Waals surface area (Å²) in [5.41, 5.74) is -0.459. The molecule has 6 nitrogen and oxygen atoms in total. The van der Waals surface area contributed by atoms with Crippen LogP contribution in [0.1, 0.15) is 52.9 Å². The third-order valence-electron chi connectivity index (χ3n) is 5.05. The van der Waals surface area contributed by atoms with Gasteiger partial charge < -0.3 is 20.1 Å². The van der Waals surface area contributed by atoms with Crippen molar-refractivity contribution in [1.29, 1.82) is 0 Å². The van der Waals surface area contributed by atoms with Gasteiger partial charge in [-0.2, -0.15) is 0 Å². The van der Waals surface area contributed by atoms with Crippen molar-refractivity contribution in [2.24, 2.45) is 17.3 Å². The molecule has 4 atom stereocenters. The van der Waals surface area contributed by atoms with Gasteiger partial charge in [-0.1, -0.05) is 38.2 Å². The van der Waals surface area contributed by atoms with E-state index < -0.39 is 23.6 Å². The van der Waals surface area contributed by atoms with Gasteiger partial charge in [0.1, 0.15) is 5.78 Å². The van der Waals surface area contributed by atoms with Crippen LogP contribution in [-0.4, -0.2) is 52.5 Å². The Labute approximate surface area is 161 Å². The number of rotatable bonds is 12. The molecule has 0 bridgehead atoms. The van der Waals surface area contributed by atoms with Gasteiger partial charge in [0.05, 0.1) is 18.8 Å². The Morgan fingerprint density at radius 3 is 2.70 bits per heavy atom. The molecule has 1 aliphatic carbocycles. The molecule has 0 aromatic carbocycles. The first-order chi connectivity index (χ1) is 12.7. The number of ketones is 1. The number of aliphatic hydroxyl groups is 2. The second-order valence-electron chi connectivity index (χ2n) is 7.87. The molecule has 0 aromatic heterocycles. The third kappa shape index (κ3) is 7.95. The molecule has 0 saturated heterocycles. The average Bonchev–Trinajstić information content (AvgIpc) is 2.86. The predicted octanol–water partition coefficient (Wildman–Crippen LogP) is 2.73. The van der Waals surface area contributed by atoms with Crippen molar-refractivity contribution in [2.75, 3.05) is 13.2 Å². The summed E-state index contributed by atoms with van der Waals surface area (Å²) < 4.78 is 5.41. The first kappa shape index (κ1) is 23.5. The first-order valence-electron chi connectivity index (χ1n) is 9.70. The van der Waals surface area contributed by atoms with E-state index in [0.29, 0.717) is 32.5 Å². The number of aliphatic carboxylic acids is 1. The number of allylic oxidation sites excluding steroid dienone is 2. The molecule has 0 aliphatic heterocycles. The number of carbonyl (C=O) groups is 2. The van der Waals surface area contributed by atoms with Gasteiger partial charge in [0.2, 0.25) is 0 Å². The van der Waals surface area contributed by atoms with Crippen LogP contribution in [0.3, 0.4) is 0 Å². The van der Waals surface area contributed by atoms with Gasteiger partial charge in [-0.15, -0.1) is 0 Å². The Bertz CT molecular complexity index is 537. The highest BCUT2D eigenvalue weighted by molar-refractivity contribution is 5.84.